The minimum absolute atomic E-state index is 0.0619. The number of likely N-dealkylation sites (tertiary alicyclic amines) is 1. The van der Waals surface area contributed by atoms with E-state index in [1.54, 1.807) is 31.4 Å². The molecular formula is C20H23N3O4. The standard InChI is InChI=1S/C20H23N3O4/c1-26-15-6-7-16(18(13-15)27-2)22-19(24)17-12-14(8-9-21-17)20(25)23-10-4-3-5-11-23/h6-9,12-13H,3-5,10-11H2,1-2H3,(H,22,24). The minimum Gasteiger partial charge on any atom is -0.497 e. The van der Waals surface area contributed by atoms with Crippen LogP contribution in [0.2, 0.25) is 0 Å². The Bertz CT molecular complexity index is 832. The molecule has 0 aliphatic carbocycles. The van der Waals surface area contributed by atoms with Crippen molar-refractivity contribution >= 4 is 17.5 Å². The molecule has 27 heavy (non-hydrogen) atoms. The molecule has 3 rings (SSSR count). The number of carbonyl (C=O) groups excluding carboxylic acids is 2. The number of nitrogens with zero attached hydrogens (tertiary/aromatic N) is 2. The summed E-state index contributed by atoms with van der Waals surface area (Å²) in [6.45, 7) is 1.51. The van der Waals surface area contributed by atoms with Crippen LogP contribution in [0.1, 0.15) is 40.1 Å². The van der Waals surface area contributed by atoms with E-state index in [0.29, 0.717) is 22.7 Å². The van der Waals surface area contributed by atoms with Crippen molar-refractivity contribution in [2.45, 2.75) is 19.3 Å². The first-order valence-corrected chi connectivity index (χ1v) is 8.91. The highest BCUT2D eigenvalue weighted by Crippen LogP contribution is 2.29. The molecule has 1 N–H and O–H groups in total. The van der Waals surface area contributed by atoms with Crippen LogP contribution in [-0.2, 0) is 0 Å². The van der Waals surface area contributed by atoms with E-state index in [-0.39, 0.29) is 11.6 Å². The summed E-state index contributed by atoms with van der Waals surface area (Å²) in [5, 5.41) is 2.77. The highest BCUT2D eigenvalue weighted by molar-refractivity contribution is 6.05. The molecule has 7 nitrogen and oxygen atoms in total. The predicted octanol–water partition coefficient (Wildman–Crippen LogP) is 2.98. The molecule has 2 amide bonds. The number of amides is 2. The van der Waals surface area contributed by atoms with Crippen molar-refractivity contribution < 1.29 is 19.1 Å². The summed E-state index contributed by atoms with van der Waals surface area (Å²) in [6, 6.07) is 8.27. The molecule has 1 fully saturated rings. The average molecular weight is 369 g/mol. The van der Waals surface area contributed by atoms with Gasteiger partial charge in [0.1, 0.15) is 17.2 Å². The van der Waals surface area contributed by atoms with E-state index in [4.69, 9.17) is 9.47 Å². The summed E-state index contributed by atoms with van der Waals surface area (Å²) in [4.78, 5) is 31.2. The Labute approximate surface area is 158 Å². The van der Waals surface area contributed by atoms with Gasteiger partial charge >= 0.3 is 0 Å². The summed E-state index contributed by atoms with van der Waals surface area (Å²) in [7, 11) is 3.07. The zero-order chi connectivity index (χ0) is 19.2. The van der Waals surface area contributed by atoms with Crippen LogP contribution in [-0.4, -0.2) is 49.0 Å². The van der Waals surface area contributed by atoms with Crippen molar-refractivity contribution in [3.8, 4) is 11.5 Å². The molecule has 1 saturated heterocycles. The first-order chi connectivity index (χ1) is 13.1. The fourth-order valence-electron chi connectivity index (χ4n) is 3.06. The number of piperidine rings is 1. The average Bonchev–Trinajstić information content (AvgIpc) is 2.74. The predicted molar refractivity (Wildman–Crippen MR) is 101 cm³/mol. The lowest BCUT2D eigenvalue weighted by Gasteiger charge is -2.26. The molecule has 1 aliphatic rings. The van der Waals surface area contributed by atoms with Crippen molar-refractivity contribution in [3.05, 3.63) is 47.8 Å². The van der Waals surface area contributed by atoms with E-state index in [1.165, 1.54) is 19.4 Å². The highest BCUT2D eigenvalue weighted by atomic mass is 16.5. The molecule has 1 aromatic carbocycles. The molecule has 2 heterocycles. The maximum absolute atomic E-state index is 12.6. The molecule has 142 valence electrons. The molecule has 0 spiro atoms. The molecular weight excluding hydrogens is 346 g/mol. The third kappa shape index (κ3) is 4.36. The molecule has 7 heteroatoms. The zero-order valence-corrected chi connectivity index (χ0v) is 15.5. The smallest absolute Gasteiger partial charge is 0.274 e. The molecule has 1 aliphatic heterocycles. The number of rotatable bonds is 5. The van der Waals surface area contributed by atoms with Gasteiger partial charge in [-0.3, -0.25) is 14.6 Å². The van der Waals surface area contributed by atoms with Gasteiger partial charge in [-0.1, -0.05) is 0 Å². The monoisotopic (exact) mass is 369 g/mol. The zero-order valence-electron chi connectivity index (χ0n) is 15.5. The molecule has 2 aromatic rings. The van der Waals surface area contributed by atoms with E-state index in [9.17, 15) is 9.59 Å². The van der Waals surface area contributed by atoms with Crippen LogP contribution in [0.4, 0.5) is 5.69 Å². The van der Waals surface area contributed by atoms with Gasteiger partial charge in [0.25, 0.3) is 11.8 Å². The van der Waals surface area contributed by atoms with Crippen LogP contribution in [0.5, 0.6) is 11.5 Å². The van der Waals surface area contributed by atoms with Crippen molar-refractivity contribution in [3.63, 3.8) is 0 Å². The molecule has 0 atom stereocenters. The number of hydrogen-bond donors (Lipinski definition) is 1. The molecule has 0 saturated carbocycles. The normalized spacial score (nSPS) is 13.8. The van der Waals surface area contributed by atoms with Crippen molar-refractivity contribution in [1.29, 1.82) is 0 Å². The minimum atomic E-state index is -0.410. The summed E-state index contributed by atoms with van der Waals surface area (Å²) in [6.07, 6.45) is 4.66. The summed E-state index contributed by atoms with van der Waals surface area (Å²) in [5.74, 6) is 0.625. The van der Waals surface area contributed by atoms with Crippen LogP contribution in [0, 0.1) is 0 Å². The Morgan fingerprint density at radius 1 is 1.04 bits per heavy atom. The van der Waals surface area contributed by atoms with E-state index < -0.39 is 5.91 Å². The lowest BCUT2D eigenvalue weighted by Crippen LogP contribution is -2.35. The van der Waals surface area contributed by atoms with Gasteiger partial charge in [0, 0.05) is 30.9 Å². The van der Waals surface area contributed by atoms with Gasteiger partial charge in [-0.2, -0.15) is 0 Å². The second-order valence-electron chi connectivity index (χ2n) is 6.30. The number of carbonyl (C=O) groups is 2. The first-order valence-electron chi connectivity index (χ1n) is 8.91. The molecule has 1 aromatic heterocycles. The van der Waals surface area contributed by atoms with Crippen LogP contribution >= 0.6 is 0 Å². The summed E-state index contributed by atoms with van der Waals surface area (Å²) >= 11 is 0. The number of nitrogens with one attached hydrogen (secondary N) is 1. The largest absolute Gasteiger partial charge is 0.497 e. The van der Waals surface area contributed by atoms with Crippen LogP contribution in [0.3, 0.4) is 0 Å². The third-order valence-corrected chi connectivity index (χ3v) is 4.54. The van der Waals surface area contributed by atoms with E-state index in [2.05, 4.69) is 10.3 Å². The Hall–Kier alpha value is -3.09. The molecule has 0 bridgehead atoms. The topological polar surface area (TPSA) is 80.8 Å². The van der Waals surface area contributed by atoms with E-state index in [0.717, 1.165) is 32.4 Å². The number of anilines is 1. The lowest BCUT2D eigenvalue weighted by atomic mass is 10.1. The van der Waals surface area contributed by atoms with Crippen molar-refractivity contribution in [2.75, 3.05) is 32.6 Å². The van der Waals surface area contributed by atoms with Crippen LogP contribution < -0.4 is 14.8 Å². The number of hydrogen-bond acceptors (Lipinski definition) is 5. The fourth-order valence-corrected chi connectivity index (χ4v) is 3.06. The van der Waals surface area contributed by atoms with Gasteiger partial charge in [-0.05, 0) is 43.5 Å². The third-order valence-electron chi connectivity index (χ3n) is 4.54. The van der Waals surface area contributed by atoms with Gasteiger partial charge in [0.15, 0.2) is 0 Å². The summed E-state index contributed by atoms with van der Waals surface area (Å²) < 4.78 is 10.4. The van der Waals surface area contributed by atoms with Crippen molar-refractivity contribution in [2.24, 2.45) is 0 Å². The van der Waals surface area contributed by atoms with Gasteiger partial charge in [0.05, 0.1) is 19.9 Å². The number of benzene rings is 1. The number of ether oxygens (including phenoxy) is 2. The Morgan fingerprint density at radius 2 is 1.81 bits per heavy atom. The maximum atomic E-state index is 12.6. The van der Waals surface area contributed by atoms with Gasteiger partial charge in [0.2, 0.25) is 0 Å². The van der Waals surface area contributed by atoms with Gasteiger partial charge in [-0.15, -0.1) is 0 Å². The lowest BCUT2D eigenvalue weighted by molar-refractivity contribution is 0.0724. The molecule has 0 radical (unpaired) electrons. The van der Waals surface area contributed by atoms with Crippen molar-refractivity contribution in [1.82, 2.24) is 9.88 Å². The van der Waals surface area contributed by atoms with Gasteiger partial charge < -0.3 is 19.7 Å². The SMILES string of the molecule is COc1ccc(NC(=O)c2cc(C(=O)N3CCCCC3)ccn2)c(OC)c1. The Kier molecular flexibility index (Phi) is 5.90. The first kappa shape index (κ1) is 18.7. The Morgan fingerprint density at radius 3 is 2.52 bits per heavy atom. The van der Waals surface area contributed by atoms with E-state index >= 15 is 0 Å². The summed E-state index contributed by atoms with van der Waals surface area (Å²) in [5.41, 5.74) is 1.15. The number of aromatic nitrogens is 1. The van der Waals surface area contributed by atoms with Crippen LogP contribution in [0.15, 0.2) is 36.5 Å². The van der Waals surface area contributed by atoms with Crippen LogP contribution in [0.25, 0.3) is 0 Å². The highest BCUT2D eigenvalue weighted by Gasteiger charge is 2.20. The second-order valence-corrected chi connectivity index (χ2v) is 6.30. The fraction of sp³-hybridized carbons (Fsp3) is 0.350. The Balaban J connectivity index is 1.76. The quantitative estimate of drug-likeness (QED) is 0.876. The maximum Gasteiger partial charge on any atom is 0.274 e. The van der Waals surface area contributed by atoms with E-state index in [1.807, 2.05) is 4.90 Å². The number of methoxy groups -OCH3 is 2. The number of pyridine rings is 1. The second kappa shape index (κ2) is 8.53. The molecule has 0 unspecified atom stereocenters. The van der Waals surface area contributed by atoms with Gasteiger partial charge in [-0.25, -0.2) is 0 Å².